The van der Waals surface area contributed by atoms with Gasteiger partial charge in [-0.1, -0.05) is 44.2 Å². The van der Waals surface area contributed by atoms with Crippen molar-refractivity contribution in [1.82, 2.24) is 24.5 Å². The number of fused-ring (bicyclic) bond motifs is 1. The number of anilines is 2. The van der Waals surface area contributed by atoms with Crippen molar-refractivity contribution in [2.75, 3.05) is 49.5 Å². The second kappa shape index (κ2) is 19.7. The molecule has 1 spiro atoms. The van der Waals surface area contributed by atoms with Gasteiger partial charge in [-0.3, -0.25) is 24.7 Å². The van der Waals surface area contributed by atoms with Crippen LogP contribution in [0.1, 0.15) is 98.3 Å². The fourth-order valence-electron chi connectivity index (χ4n) is 11.4. The number of amides is 1. The van der Waals surface area contributed by atoms with Crippen molar-refractivity contribution in [3.05, 3.63) is 147 Å². The third-order valence-corrected chi connectivity index (χ3v) is 16.8. The number of rotatable bonds is 15. The number of aromatic amines is 1. The van der Waals surface area contributed by atoms with Crippen LogP contribution < -0.4 is 19.7 Å². The van der Waals surface area contributed by atoms with Crippen LogP contribution in [0.3, 0.4) is 0 Å². The van der Waals surface area contributed by atoms with Crippen LogP contribution in [-0.4, -0.2) is 95.0 Å². The molecule has 10 rings (SSSR count). The lowest BCUT2D eigenvalue weighted by Gasteiger charge is -2.63. The first-order valence-electron chi connectivity index (χ1n) is 24.8. The molecule has 1 amide bonds. The quantitative estimate of drug-likeness (QED) is 0.0565. The maximum atomic E-state index is 14.7. The van der Waals surface area contributed by atoms with Gasteiger partial charge in [-0.15, -0.1) is 0 Å². The maximum absolute atomic E-state index is 14.7. The summed E-state index contributed by atoms with van der Waals surface area (Å²) in [4.78, 5) is 39.2. The Hall–Kier alpha value is -6.54. The number of hydrogen-bond donors (Lipinski definition) is 4. The number of aliphatic hydroxyl groups is 1. The molecule has 19 heteroatoms. The Morgan fingerprint density at radius 1 is 0.973 bits per heavy atom. The van der Waals surface area contributed by atoms with Crippen molar-refractivity contribution in [3.8, 4) is 11.5 Å². The Morgan fingerprint density at radius 2 is 1.74 bits per heavy atom. The van der Waals surface area contributed by atoms with Gasteiger partial charge in [0.05, 0.1) is 32.6 Å². The molecule has 2 saturated heterocycles. The maximum Gasteiger partial charge on any atom is 0.293 e. The minimum atomic E-state index is -4.66. The summed E-state index contributed by atoms with van der Waals surface area (Å²) in [6.45, 7) is 10.9. The second-order valence-corrected chi connectivity index (χ2v) is 22.8. The molecular weight excluding hydrogens is 962 g/mol. The average Bonchev–Trinajstić information content (AvgIpc) is 3.70. The number of nitro benzene ring substituents is 1. The van der Waals surface area contributed by atoms with Crippen molar-refractivity contribution < 1.29 is 41.2 Å². The lowest BCUT2D eigenvalue weighted by Crippen LogP contribution is -2.68. The molecule has 0 radical (unpaired) electrons. The molecule has 73 heavy (non-hydrogen) atoms. The molecule has 4 N–H and O–H groups in total. The van der Waals surface area contributed by atoms with E-state index < -0.39 is 54.5 Å². The van der Waals surface area contributed by atoms with Crippen LogP contribution >= 0.6 is 0 Å². The van der Waals surface area contributed by atoms with Crippen molar-refractivity contribution >= 4 is 44.0 Å². The van der Waals surface area contributed by atoms with Crippen molar-refractivity contribution in [2.24, 2.45) is 11.3 Å². The number of benzene rings is 4. The van der Waals surface area contributed by atoms with Gasteiger partial charge in [-0.05, 0) is 116 Å². The summed E-state index contributed by atoms with van der Waals surface area (Å²) >= 11 is 0. The van der Waals surface area contributed by atoms with Gasteiger partial charge in [0.25, 0.3) is 21.6 Å². The molecule has 0 bridgehead atoms. The highest BCUT2D eigenvalue weighted by Crippen LogP contribution is 2.54. The summed E-state index contributed by atoms with van der Waals surface area (Å²) in [5.74, 6) is -2.77. The van der Waals surface area contributed by atoms with E-state index in [1.807, 2.05) is 0 Å². The van der Waals surface area contributed by atoms with Crippen LogP contribution in [0.25, 0.3) is 11.0 Å². The number of piperazine rings is 1. The molecule has 4 fully saturated rings. The smallest absolute Gasteiger partial charge is 0.293 e. The molecular formula is C54H59F3N8O7S. The Kier molecular flexibility index (Phi) is 13.5. The number of ether oxygens (including phenoxy) is 1. The molecule has 4 heterocycles. The number of pyridine rings is 1. The second-order valence-electron chi connectivity index (χ2n) is 21.1. The summed E-state index contributed by atoms with van der Waals surface area (Å²) in [6.07, 6.45) is 7.12. The van der Waals surface area contributed by atoms with E-state index in [1.54, 1.807) is 25.1 Å². The number of H-pyrrole nitrogens is 1. The molecule has 15 nitrogen and oxygen atoms in total. The molecule has 4 aliphatic rings. The number of nitrogens with zero attached hydrogens (tertiary/aromatic N) is 5. The largest absolute Gasteiger partial charge is 0.455 e. The third kappa shape index (κ3) is 10.5. The number of sulfonamides is 1. The van der Waals surface area contributed by atoms with Crippen LogP contribution in [0, 0.1) is 38.9 Å². The van der Waals surface area contributed by atoms with E-state index in [4.69, 9.17) is 4.74 Å². The lowest BCUT2D eigenvalue weighted by atomic mass is 9.59. The third-order valence-electron chi connectivity index (χ3n) is 15.5. The molecule has 6 aromatic rings. The summed E-state index contributed by atoms with van der Waals surface area (Å²) in [5, 5.41) is 25.8. The monoisotopic (exact) mass is 1020 g/mol. The van der Waals surface area contributed by atoms with Crippen LogP contribution in [0.5, 0.6) is 11.5 Å². The van der Waals surface area contributed by atoms with Crippen LogP contribution in [-0.2, 0) is 16.6 Å². The number of nitrogens with one attached hydrogen (secondary N) is 3. The summed E-state index contributed by atoms with van der Waals surface area (Å²) in [7, 11) is -4.66. The minimum Gasteiger partial charge on any atom is -0.455 e. The van der Waals surface area contributed by atoms with E-state index >= 15 is 0 Å². The summed E-state index contributed by atoms with van der Waals surface area (Å²) in [6, 6.07) is 22.7. The zero-order chi connectivity index (χ0) is 51.4. The molecule has 2 aromatic heterocycles. The highest BCUT2D eigenvalue weighted by Gasteiger charge is 2.55. The standard InChI is InChI=1S/C54H59F3N8O7S/c1-33(2)40-6-4-5-7-41(40)49-30-62(29-35-8-12-44(55)45(56)20-35)18-19-64(49)37-24-54(25-37)31-63(32-54)36-9-11-42(50(21-36)72-38-22-43-46(57)28-60-51(43)59-27-38)52(66)61-73(70,71)39-10-13-47(48(23-39)65(68)69)58-26-34-14-16-53(3,67)17-15-34/h4-13,20-23,27-28,33-34,37,49,58,67H,14-19,24-26,29-32H2,1-3H3,(H,59,60)(H,61,66)/t34-,49-,53-/m0/s1. The van der Waals surface area contributed by atoms with Crippen molar-refractivity contribution in [2.45, 2.75) is 94.3 Å². The van der Waals surface area contributed by atoms with Gasteiger partial charge >= 0.3 is 0 Å². The van der Waals surface area contributed by atoms with Gasteiger partial charge in [0.15, 0.2) is 11.6 Å². The SMILES string of the molecule is CC(C)c1ccccc1[C@@H]1CN(Cc2ccc(F)c(F)c2)CCN1C1CC2(C1)CN(c1ccc(C(=O)NS(=O)(=O)c3ccc(NC[C@H]4CC[C@](C)(O)CC4)c([N+](=O)[O-])c3)c(Oc3cnc4[nH]cc(F)c4c3)c1)C2. The van der Waals surface area contributed by atoms with Gasteiger partial charge in [0.1, 0.15) is 28.7 Å². The number of hydrogen-bond acceptors (Lipinski definition) is 12. The summed E-state index contributed by atoms with van der Waals surface area (Å²) < 4.78 is 78.6. The Labute approximate surface area is 421 Å². The molecule has 384 valence electrons. The molecule has 4 aromatic carbocycles. The van der Waals surface area contributed by atoms with Gasteiger partial charge in [0.2, 0.25) is 0 Å². The van der Waals surface area contributed by atoms with Crippen LogP contribution in [0.4, 0.5) is 30.2 Å². The van der Waals surface area contributed by atoms with Crippen molar-refractivity contribution in [1.29, 1.82) is 0 Å². The van der Waals surface area contributed by atoms with Crippen LogP contribution in [0.2, 0.25) is 0 Å². The Morgan fingerprint density at radius 3 is 2.48 bits per heavy atom. The predicted octanol–water partition coefficient (Wildman–Crippen LogP) is 9.80. The van der Waals surface area contributed by atoms with E-state index in [2.05, 4.69) is 72.8 Å². The fraction of sp³-hybridized carbons (Fsp3) is 0.407. The first-order valence-corrected chi connectivity index (χ1v) is 26.3. The van der Waals surface area contributed by atoms with E-state index in [0.29, 0.717) is 37.9 Å². The minimum absolute atomic E-state index is 0.0163. The molecule has 0 unspecified atom stereocenters. The van der Waals surface area contributed by atoms with Crippen LogP contribution in [0.15, 0.2) is 102 Å². The van der Waals surface area contributed by atoms with Gasteiger partial charge < -0.3 is 25.0 Å². The van der Waals surface area contributed by atoms with E-state index in [9.17, 15) is 41.6 Å². The highest BCUT2D eigenvalue weighted by atomic mass is 32.2. The van der Waals surface area contributed by atoms with Gasteiger partial charge in [0, 0.05) is 87.3 Å². The molecule has 1 atom stereocenters. The Bertz CT molecular complexity index is 3180. The first kappa shape index (κ1) is 50.0. The number of carbonyl (C=O) groups excluding carboxylic acids is 1. The summed E-state index contributed by atoms with van der Waals surface area (Å²) in [5.41, 5.74) is 3.08. The van der Waals surface area contributed by atoms with E-state index in [-0.39, 0.29) is 51.2 Å². The number of carbonyl (C=O) groups is 1. The predicted molar refractivity (Wildman–Crippen MR) is 271 cm³/mol. The average molecular weight is 1020 g/mol. The van der Waals surface area contributed by atoms with Gasteiger partial charge in [-0.25, -0.2) is 31.3 Å². The molecule has 2 aliphatic carbocycles. The highest BCUT2D eigenvalue weighted by molar-refractivity contribution is 7.90. The fourth-order valence-corrected chi connectivity index (χ4v) is 12.4. The van der Waals surface area contributed by atoms with Crippen molar-refractivity contribution in [3.63, 3.8) is 0 Å². The zero-order valence-corrected chi connectivity index (χ0v) is 41.7. The first-order chi connectivity index (χ1) is 34.8. The number of halogens is 3. The Balaban J connectivity index is 0.850. The molecule has 2 aliphatic heterocycles. The number of aromatic nitrogens is 2. The lowest BCUT2D eigenvalue weighted by molar-refractivity contribution is -0.384. The normalized spacial score (nSPS) is 21.5. The van der Waals surface area contributed by atoms with E-state index in [1.165, 1.54) is 53.7 Å². The topological polar surface area (TPSA) is 186 Å². The zero-order valence-electron chi connectivity index (χ0n) is 40.9. The number of nitro groups is 1. The van der Waals surface area contributed by atoms with E-state index in [0.717, 1.165) is 81.9 Å². The van der Waals surface area contributed by atoms with Gasteiger partial charge in [-0.2, -0.15) is 0 Å². The molecule has 2 saturated carbocycles.